The molecule has 1 saturated heterocycles. The fraction of sp³-hybridized carbons (Fsp3) is 0.308. The van der Waals surface area contributed by atoms with E-state index in [1.807, 2.05) is 44.2 Å². The number of halogens is 1. The molecule has 4 heterocycles. The first kappa shape index (κ1) is 25.9. The van der Waals surface area contributed by atoms with Crippen molar-refractivity contribution >= 4 is 23.2 Å². The second-order valence-electron chi connectivity index (χ2n) is 8.84. The van der Waals surface area contributed by atoms with Crippen LogP contribution in [0.25, 0.3) is 16.3 Å². The highest BCUT2D eigenvalue weighted by molar-refractivity contribution is 7.15. The van der Waals surface area contributed by atoms with Gasteiger partial charge in [0.25, 0.3) is 0 Å². The van der Waals surface area contributed by atoms with Gasteiger partial charge in [-0.3, -0.25) is 10.2 Å². The van der Waals surface area contributed by atoms with Gasteiger partial charge < -0.3 is 10.1 Å². The van der Waals surface area contributed by atoms with Gasteiger partial charge in [0, 0.05) is 38.2 Å². The second kappa shape index (κ2) is 11.4. The Morgan fingerprint density at radius 2 is 2.05 bits per heavy atom. The van der Waals surface area contributed by atoms with E-state index >= 15 is 0 Å². The smallest absolute Gasteiger partial charge is 0.320 e. The Labute approximate surface area is 223 Å². The van der Waals surface area contributed by atoms with Crippen molar-refractivity contribution in [3.63, 3.8) is 0 Å². The molecule has 0 radical (unpaired) electrons. The van der Waals surface area contributed by atoms with Gasteiger partial charge in [-0.05, 0) is 43.7 Å². The van der Waals surface area contributed by atoms with Gasteiger partial charge in [0.15, 0.2) is 0 Å². The number of aromatic nitrogens is 4. The number of rotatable bonds is 8. The molecule has 10 nitrogen and oxygen atoms in total. The van der Waals surface area contributed by atoms with Crippen molar-refractivity contribution in [2.75, 3.05) is 32.1 Å². The quantitative estimate of drug-likeness (QED) is 0.323. The van der Waals surface area contributed by atoms with Crippen LogP contribution in [0.2, 0.25) is 0 Å². The summed E-state index contributed by atoms with van der Waals surface area (Å²) in [5, 5.41) is 13.5. The lowest BCUT2D eigenvalue weighted by molar-refractivity contribution is -0.154. The molecule has 4 aromatic rings. The number of thiazole rings is 1. The maximum Gasteiger partial charge on any atom is 0.320 e. The first-order chi connectivity index (χ1) is 18.4. The van der Waals surface area contributed by atoms with Crippen molar-refractivity contribution in [3.8, 4) is 16.3 Å². The van der Waals surface area contributed by atoms with Crippen LogP contribution in [0, 0.1) is 19.8 Å². The molecule has 1 aliphatic rings. The molecule has 2 N–H and O–H groups in total. The third kappa shape index (κ3) is 5.58. The number of nitrogens with zero attached hydrogens (tertiary/aromatic N) is 5. The number of benzene rings is 1. The number of urea groups is 1. The number of nitrogens with one attached hydrogen (secondary N) is 2. The molecule has 2 atom stereocenters. The van der Waals surface area contributed by atoms with Crippen molar-refractivity contribution in [2.45, 2.75) is 26.0 Å². The van der Waals surface area contributed by atoms with E-state index in [2.05, 4.69) is 20.6 Å². The maximum atomic E-state index is 13.9. The summed E-state index contributed by atoms with van der Waals surface area (Å²) in [6, 6.07) is 11.7. The summed E-state index contributed by atoms with van der Waals surface area (Å²) in [7, 11) is 1.61. The molecule has 2 amide bonds. The number of methoxy groups -OCH3 is 1. The molecule has 5 rings (SSSR count). The zero-order chi connectivity index (χ0) is 26.6. The van der Waals surface area contributed by atoms with Gasteiger partial charge in [-0.25, -0.2) is 19.4 Å². The predicted octanol–water partition coefficient (Wildman–Crippen LogP) is 4.27. The Morgan fingerprint density at radius 3 is 2.76 bits per heavy atom. The first-order valence-electron chi connectivity index (χ1n) is 12.1. The Morgan fingerprint density at radius 1 is 1.24 bits per heavy atom. The minimum absolute atomic E-state index is 0.397. The fourth-order valence-corrected chi connectivity index (χ4v) is 5.17. The monoisotopic (exact) mass is 537 g/mol. The second-order valence-corrected chi connectivity index (χ2v) is 10.1. The SMILES string of the molecule is COCCN1C[C@@H](NC(=O)Nc2c(C)c(-c3cnc(C)s3)nn2-c2ccccc2)[C@H](c2ccnc(F)c2)O1. The van der Waals surface area contributed by atoms with E-state index < -0.39 is 24.1 Å². The summed E-state index contributed by atoms with van der Waals surface area (Å²) in [4.78, 5) is 28.3. The number of anilines is 1. The van der Waals surface area contributed by atoms with E-state index in [1.54, 1.807) is 29.1 Å². The molecule has 0 aliphatic carbocycles. The summed E-state index contributed by atoms with van der Waals surface area (Å²) >= 11 is 1.54. The van der Waals surface area contributed by atoms with Crippen LogP contribution in [0.15, 0.2) is 54.9 Å². The molecule has 1 fully saturated rings. The summed E-state index contributed by atoms with van der Waals surface area (Å²) < 4.78 is 20.8. The lowest BCUT2D eigenvalue weighted by atomic mass is 10.0. The van der Waals surface area contributed by atoms with Crippen LogP contribution >= 0.6 is 11.3 Å². The molecular weight excluding hydrogens is 509 g/mol. The number of carbonyl (C=O) groups excluding carboxylic acids is 1. The summed E-state index contributed by atoms with van der Waals surface area (Å²) in [6.45, 7) is 5.20. The van der Waals surface area contributed by atoms with Gasteiger partial charge in [-0.1, -0.05) is 18.2 Å². The topological polar surface area (TPSA) is 106 Å². The Balaban J connectivity index is 1.41. The molecule has 0 bridgehead atoms. The van der Waals surface area contributed by atoms with Crippen LogP contribution in [0.4, 0.5) is 15.0 Å². The lowest BCUT2D eigenvalue weighted by Gasteiger charge is -2.19. The number of pyridine rings is 1. The van der Waals surface area contributed by atoms with E-state index in [9.17, 15) is 9.18 Å². The Kier molecular flexibility index (Phi) is 7.74. The Hall–Kier alpha value is -3.71. The number of hydrogen-bond donors (Lipinski definition) is 2. The molecular formula is C26H28FN7O3S. The highest BCUT2D eigenvalue weighted by Crippen LogP contribution is 2.34. The maximum absolute atomic E-state index is 13.9. The zero-order valence-corrected chi connectivity index (χ0v) is 22.0. The number of hydrogen-bond acceptors (Lipinski definition) is 8. The summed E-state index contributed by atoms with van der Waals surface area (Å²) in [5.74, 6) is -0.0747. The van der Waals surface area contributed by atoms with Crippen molar-refractivity contribution < 1.29 is 18.8 Å². The van der Waals surface area contributed by atoms with Crippen LogP contribution < -0.4 is 10.6 Å². The highest BCUT2D eigenvalue weighted by Gasteiger charge is 2.37. The number of para-hydroxylation sites is 1. The van der Waals surface area contributed by atoms with E-state index in [0.717, 1.165) is 26.8 Å². The molecule has 1 aliphatic heterocycles. The van der Waals surface area contributed by atoms with Crippen molar-refractivity contribution in [2.24, 2.45) is 0 Å². The van der Waals surface area contributed by atoms with Gasteiger partial charge in [-0.15, -0.1) is 11.3 Å². The predicted molar refractivity (Wildman–Crippen MR) is 142 cm³/mol. The number of hydroxylamine groups is 2. The van der Waals surface area contributed by atoms with Crippen molar-refractivity contribution in [1.29, 1.82) is 0 Å². The minimum atomic E-state index is -0.613. The van der Waals surface area contributed by atoms with Crippen LogP contribution in [-0.4, -0.2) is 63.7 Å². The average Bonchev–Trinajstić information content (AvgIpc) is 3.61. The first-order valence-corrected chi connectivity index (χ1v) is 12.9. The lowest BCUT2D eigenvalue weighted by Crippen LogP contribution is -2.42. The third-order valence-corrected chi connectivity index (χ3v) is 7.10. The highest BCUT2D eigenvalue weighted by atomic mass is 32.1. The number of ether oxygens (including phenoxy) is 1. The molecule has 0 spiro atoms. The van der Waals surface area contributed by atoms with Crippen molar-refractivity contribution in [1.82, 2.24) is 30.1 Å². The molecule has 3 aromatic heterocycles. The molecule has 198 valence electrons. The van der Waals surface area contributed by atoms with Crippen LogP contribution in [0.1, 0.15) is 22.2 Å². The van der Waals surface area contributed by atoms with Gasteiger partial charge in [0.1, 0.15) is 17.6 Å². The molecule has 1 aromatic carbocycles. The van der Waals surface area contributed by atoms with Gasteiger partial charge in [0.2, 0.25) is 5.95 Å². The molecule has 12 heteroatoms. The van der Waals surface area contributed by atoms with Crippen LogP contribution in [0.5, 0.6) is 0 Å². The van der Waals surface area contributed by atoms with E-state index in [4.69, 9.17) is 14.7 Å². The standard InChI is InChI=1S/C26H28FN7O3S/c1-16-23(21-14-29-17(2)38-21)32-34(19-7-5-4-6-8-19)25(16)31-26(35)30-20-15-33(11-12-36-3)37-24(20)18-9-10-28-22(27)13-18/h4-10,13-14,20,24H,11-12,15H2,1-3H3,(H2,30,31,35)/t20-,24+/m1/s1. The van der Waals surface area contributed by atoms with Gasteiger partial charge in [0.05, 0.1) is 28.2 Å². The van der Waals surface area contributed by atoms with Gasteiger partial charge >= 0.3 is 6.03 Å². The van der Waals surface area contributed by atoms with Crippen LogP contribution in [-0.2, 0) is 9.57 Å². The summed E-state index contributed by atoms with van der Waals surface area (Å²) in [6.07, 6.45) is 2.58. The van der Waals surface area contributed by atoms with E-state index in [0.29, 0.717) is 31.1 Å². The molecule has 0 unspecified atom stereocenters. The third-order valence-electron chi connectivity index (χ3n) is 6.18. The normalized spacial score (nSPS) is 17.6. The van der Waals surface area contributed by atoms with E-state index in [-0.39, 0.29) is 0 Å². The van der Waals surface area contributed by atoms with E-state index in [1.165, 1.54) is 23.6 Å². The largest absolute Gasteiger partial charge is 0.383 e. The van der Waals surface area contributed by atoms with Crippen LogP contribution in [0.3, 0.4) is 0 Å². The molecule has 0 saturated carbocycles. The number of amides is 2. The fourth-order valence-electron chi connectivity index (χ4n) is 4.35. The Bertz CT molecular complexity index is 1410. The molecule has 38 heavy (non-hydrogen) atoms. The number of carbonyl (C=O) groups is 1. The zero-order valence-electron chi connectivity index (χ0n) is 21.2. The summed E-state index contributed by atoms with van der Waals surface area (Å²) in [5.41, 5.74) is 2.94. The average molecular weight is 538 g/mol. The van der Waals surface area contributed by atoms with Gasteiger partial charge in [-0.2, -0.15) is 14.6 Å². The number of aryl methyl sites for hydroxylation is 1. The minimum Gasteiger partial charge on any atom is -0.383 e. The van der Waals surface area contributed by atoms with Crippen molar-refractivity contribution in [3.05, 3.63) is 76.9 Å².